The third kappa shape index (κ3) is 5.11. The molecule has 1 aliphatic heterocycles. The molecule has 0 spiro atoms. The number of rotatable bonds is 6. The van der Waals surface area contributed by atoms with Crippen molar-refractivity contribution in [3.63, 3.8) is 0 Å². The van der Waals surface area contributed by atoms with Crippen molar-refractivity contribution in [2.24, 2.45) is 0 Å². The number of aryl methyl sites for hydroxylation is 1. The molecular formula is C18H25FN4O2+2. The molecule has 0 aliphatic carbocycles. The van der Waals surface area contributed by atoms with E-state index in [4.69, 9.17) is 4.52 Å². The topological polar surface area (TPSA) is 64.0 Å². The Morgan fingerprint density at radius 2 is 1.96 bits per heavy atom. The van der Waals surface area contributed by atoms with E-state index in [0.717, 1.165) is 44.2 Å². The van der Waals surface area contributed by atoms with Gasteiger partial charge in [-0.15, -0.1) is 0 Å². The van der Waals surface area contributed by atoms with Crippen LogP contribution < -0.4 is 15.1 Å². The molecular weight excluding hydrogens is 323 g/mol. The highest BCUT2D eigenvalue weighted by Gasteiger charge is 2.25. The first-order valence-corrected chi connectivity index (χ1v) is 8.69. The molecule has 2 heterocycles. The average Bonchev–Trinajstić information content (AvgIpc) is 3.01. The minimum atomic E-state index is -0.282. The van der Waals surface area contributed by atoms with Gasteiger partial charge in [0.05, 0.1) is 0 Å². The number of aromatic nitrogens is 1. The fourth-order valence-corrected chi connectivity index (χ4v) is 3.19. The van der Waals surface area contributed by atoms with E-state index >= 15 is 0 Å². The summed E-state index contributed by atoms with van der Waals surface area (Å²) in [6, 6.07) is 8.49. The lowest BCUT2D eigenvalue weighted by Crippen LogP contribution is -3.28. The van der Waals surface area contributed by atoms with Gasteiger partial charge in [-0.25, -0.2) is 4.39 Å². The maximum atomic E-state index is 13.6. The number of benzene rings is 1. The van der Waals surface area contributed by atoms with E-state index in [9.17, 15) is 9.18 Å². The second-order valence-corrected chi connectivity index (χ2v) is 6.65. The van der Waals surface area contributed by atoms with Crippen LogP contribution in [0.3, 0.4) is 0 Å². The molecule has 1 aromatic heterocycles. The Labute approximate surface area is 146 Å². The molecule has 134 valence electrons. The molecule has 3 rings (SSSR count). The van der Waals surface area contributed by atoms with Gasteiger partial charge in [0.15, 0.2) is 6.54 Å². The highest BCUT2D eigenvalue weighted by atomic mass is 19.1. The Hall–Kier alpha value is -2.25. The fraction of sp³-hybridized carbons (Fsp3) is 0.444. The van der Waals surface area contributed by atoms with E-state index in [-0.39, 0.29) is 18.3 Å². The summed E-state index contributed by atoms with van der Waals surface area (Å²) in [4.78, 5) is 14.8. The molecule has 25 heavy (non-hydrogen) atoms. The van der Waals surface area contributed by atoms with Gasteiger partial charge in [0.25, 0.3) is 5.91 Å². The van der Waals surface area contributed by atoms with Crippen molar-refractivity contribution in [3.05, 3.63) is 53.2 Å². The molecule has 0 unspecified atom stereocenters. The minimum absolute atomic E-state index is 0.0335. The van der Waals surface area contributed by atoms with Gasteiger partial charge < -0.3 is 19.6 Å². The van der Waals surface area contributed by atoms with E-state index in [2.05, 4.69) is 10.5 Å². The summed E-state index contributed by atoms with van der Waals surface area (Å²) in [5, 5.41) is 6.85. The van der Waals surface area contributed by atoms with Crippen LogP contribution in [0, 0.1) is 12.7 Å². The Morgan fingerprint density at radius 3 is 2.64 bits per heavy atom. The summed E-state index contributed by atoms with van der Waals surface area (Å²) >= 11 is 0. The summed E-state index contributed by atoms with van der Waals surface area (Å²) in [5.74, 6) is 0.523. The fourth-order valence-electron chi connectivity index (χ4n) is 3.19. The first-order valence-electron chi connectivity index (χ1n) is 8.69. The zero-order valence-corrected chi connectivity index (χ0v) is 14.5. The largest absolute Gasteiger partial charge is 0.361 e. The minimum Gasteiger partial charge on any atom is -0.361 e. The second kappa shape index (κ2) is 8.22. The number of hydrogen-bond donors (Lipinski definition) is 3. The Kier molecular flexibility index (Phi) is 5.78. The number of nitrogens with zero attached hydrogens (tertiary/aromatic N) is 1. The van der Waals surface area contributed by atoms with Crippen LogP contribution in [0.15, 0.2) is 34.9 Å². The predicted octanol–water partition coefficient (Wildman–Crippen LogP) is -1.28. The van der Waals surface area contributed by atoms with Gasteiger partial charge in [0.2, 0.25) is 0 Å². The molecule has 1 amide bonds. The average molecular weight is 348 g/mol. The summed E-state index contributed by atoms with van der Waals surface area (Å²) in [6.07, 6.45) is 0. The Morgan fingerprint density at radius 1 is 1.24 bits per heavy atom. The third-order valence-corrected chi connectivity index (χ3v) is 4.62. The van der Waals surface area contributed by atoms with Crippen molar-refractivity contribution in [2.45, 2.75) is 20.0 Å². The lowest BCUT2D eigenvalue weighted by atomic mass is 10.2. The number of nitrogens with one attached hydrogen (secondary N) is 3. The van der Waals surface area contributed by atoms with E-state index in [1.54, 1.807) is 18.2 Å². The van der Waals surface area contributed by atoms with Crippen molar-refractivity contribution in [3.8, 4) is 0 Å². The molecule has 1 fully saturated rings. The summed E-state index contributed by atoms with van der Waals surface area (Å²) in [6.45, 7) is 7.33. The highest BCUT2D eigenvalue weighted by molar-refractivity contribution is 5.76. The quantitative estimate of drug-likeness (QED) is 0.610. The first kappa shape index (κ1) is 17.6. The number of carbonyl (C=O) groups excluding carboxylic acids is 1. The zero-order valence-electron chi connectivity index (χ0n) is 14.5. The van der Waals surface area contributed by atoms with Gasteiger partial charge in [-0.1, -0.05) is 23.4 Å². The third-order valence-electron chi connectivity index (χ3n) is 4.62. The molecule has 0 radical (unpaired) electrons. The SMILES string of the molecule is Cc1cc(C[NH+]2CC[NH+](CC(=O)NCc3ccccc3F)CC2)no1. The summed E-state index contributed by atoms with van der Waals surface area (Å²) < 4.78 is 18.7. The molecule has 7 heteroatoms. The van der Waals surface area contributed by atoms with Gasteiger partial charge >= 0.3 is 0 Å². The van der Waals surface area contributed by atoms with Crippen LogP contribution >= 0.6 is 0 Å². The molecule has 1 aliphatic rings. The van der Waals surface area contributed by atoms with Crippen molar-refractivity contribution in [1.29, 1.82) is 0 Å². The number of amides is 1. The molecule has 3 N–H and O–H groups in total. The Bertz CT molecular complexity index is 711. The van der Waals surface area contributed by atoms with Gasteiger partial charge in [-0.05, 0) is 13.0 Å². The van der Waals surface area contributed by atoms with Crippen molar-refractivity contribution < 1.29 is 23.5 Å². The molecule has 0 bridgehead atoms. The molecule has 6 nitrogen and oxygen atoms in total. The van der Waals surface area contributed by atoms with Crippen LogP contribution in [0.4, 0.5) is 4.39 Å². The summed E-state index contributed by atoms with van der Waals surface area (Å²) in [7, 11) is 0. The molecule has 1 aromatic carbocycles. The van der Waals surface area contributed by atoms with Crippen LogP contribution in [0.2, 0.25) is 0 Å². The monoisotopic (exact) mass is 348 g/mol. The van der Waals surface area contributed by atoms with E-state index < -0.39 is 0 Å². The molecule has 0 saturated carbocycles. The van der Waals surface area contributed by atoms with Gasteiger partial charge in [-0.3, -0.25) is 4.79 Å². The number of hydrogen-bond acceptors (Lipinski definition) is 3. The number of carbonyl (C=O) groups is 1. The van der Waals surface area contributed by atoms with Crippen molar-refractivity contribution >= 4 is 5.91 Å². The Balaban J connectivity index is 1.38. The maximum absolute atomic E-state index is 13.6. The zero-order chi connectivity index (χ0) is 17.6. The highest BCUT2D eigenvalue weighted by Crippen LogP contribution is 2.05. The maximum Gasteiger partial charge on any atom is 0.275 e. The summed E-state index contributed by atoms with van der Waals surface area (Å²) in [5.41, 5.74) is 1.50. The number of piperazine rings is 1. The van der Waals surface area contributed by atoms with Crippen LogP contribution in [0.25, 0.3) is 0 Å². The predicted molar refractivity (Wildman–Crippen MR) is 89.5 cm³/mol. The normalized spacial score (nSPS) is 20.4. The first-order chi connectivity index (χ1) is 12.1. The van der Waals surface area contributed by atoms with E-state index in [0.29, 0.717) is 12.1 Å². The van der Waals surface area contributed by atoms with Crippen LogP contribution in [-0.4, -0.2) is 43.8 Å². The second-order valence-electron chi connectivity index (χ2n) is 6.65. The smallest absolute Gasteiger partial charge is 0.275 e. The van der Waals surface area contributed by atoms with Crippen LogP contribution in [0.1, 0.15) is 17.0 Å². The van der Waals surface area contributed by atoms with Crippen molar-refractivity contribution in [2.75, 3.05) is 32.7 Å². The standard InChI is InChI=1S/C18H23FN4O2/c1-14-10-16(21-25-14)12-22-6-8-23(9-7-22)13-18(24)20-11-15-4-2-3-5-17(15)19/h2-5,10H,6-9,11-13H2,1H3,(H,20,24)/p+2. The number of quaternary nitrogens is 2. The molecule has 0 atom stereocenters. The van der Waals surface area contributed by atoms with Gasteiger partial charge in [0.1, 0.15) is 50.0 Å². The number of halogens is 1. The van der Waals surface area contributed by atoms with Gasteiger partial charge in [-0.2, -0.15) is 0 Å². The van der Waals surface area contributed by atoms with Crippen LogP contribution in [0.5, 0.6) is 0 Å². The van der Waals surface area contributed by atoms with E-state index in [1.807, 2.05) is 13.0 Å². The van der Waals surface area contributed by atoms with E-state index in [1.165, 1.54) is 15.9 Å². The lowest BCUT2D eigenvalue weighted by Gasteiger charge is -2.28. The molecule has 2 aromatic rings. The lowest BCUT2D eigenvalue weighted by molar-refractivity contribution is -1.02. The molecule has 1 saturated heterocycles. The van der Waals surface area contributed by atoms with Crippen LogP contribution in [-0.2, 0) is 17.9 Å². The van der Waals surface area contributed by atoms with Crippen molar-refractivity contribution in [1.82, 2.24) is 10.5 Å². The van der Waals surface area contributed by atoms with Gasteiger partial charge in [0, 0.05) is 18.2 Å².